The Morgan fingerprint density at radius 3 is 2.50 bits per heavy atom. The van der Waals surface area contributed by atoms with Gasteiger partial charge in [0, 0.05) is 46.4 Å². The topological polar surface area (TPSA) is 26.9 Å². The lowest BCUT2D eigenvalue weighted by atomic mass is 10.1. The molecule has 0 aliphatic heterocycles. The Labute approximate surface area is 128 Å². The van der Waals surface area contributed by atoms with Gasteiger partial charge < -0.3 is 4.57 Å². The number of para-hydroxylation sites is 1. The highest BCUT2D eigenvalue weighted by Crippen LogP contribution is 2.33. The molecule has 0 saturated heterocycles. The summed E-state index contributed by atoms with van der Waals surface area (Å²) in [6, 6.07) is 14.9. The van der Waals surface area contributed by atoms with E-state index in [1.54, 1.807) is 11.5 Å². The number of nitrogens with zero attached hydrogens (tertiary/aromatic N) is 2. The number of rotatable bonds is 1. The molecule has 0 bridgehead atoms. The first-order valence-electron chi connectivity index (χ1n) is 7.65. The van der Waals surface area contributed by atoms with Crippen molar-refractivity contribution >= 4 is 38.6 Å². The van der Waals surface area contributed by atoms with Crippen LogP contribution in [-0.4, -0.2) is 15.0 Å². The van der Waals surface area contributed by atoms with E-state index in [2.05, 4.69) is 54.0 Å². The first kappa shape index (κ1) is 13.1. The Kier molecular flexibility index (Phi) is 2.67. The zero-order chi connectivity index (χ0) is 15.4. The van der Waals surface area contributed by atoms with Crippen molar-refractivity contribution in [3.8, 4) is 0 Å². The predicted molar refractivity (Wildman–Crippen MR) is 91.7 cm³/mol. The number of carbonyl (C=O) groups is 1. The number of hydrogen-bond donors (Lipinski definition) is 0. The third-order valence-electron chi connectivity index (χ3n) is 4.51. The van der Waals surface area contributed by atoms with Crippen LogP contribution in [0.4, 0.5) is 0 Å². The fraction of sp³-hybridized carbons (Fsp3) is 0.211. The van der Waals surface area contributed by atoms with Crippen LogP contribution >= 0.6 is 0 Å². The number of aryl methyl sites for hydroxylation is 2. The molecular formula is C19H18N2O. The van der Waals surface area contributed by atoms with Gasteiger partial charge in [-0.25, -0.2) is 0 Å². The lowest BCUT2D eigenvalue weighted by Gasteiger charge is -2.04. The zero-order valence-electron chi connectivity index (χ0n) is 13.1. The maximum atomic E-state index is 12.0. The van der Waals surface area contributed by atoms with E-state index >= 15 is 0 Å². The van der Waals surface area contributed by atoms with Gasteiger partial charge in [0.05, 0.1) is 5.52 Å². The minimum Gasteiger partial charge on any atom is -0.341 e. The highest BCUT2D eigenvalue weighted by atomic mass is 16.1. The second-order valence-electron chi connectivity index (χ2n) is 5.83. The summed E-state index contributed by atoms with van der Waals surface area (Å²) < 4.78 is 4.14. The lowest BCUT2D eigenvalue weighted by molar-refractivity contribution is 0.0940. The standard InChI is InChI=1S/C19H18N2O/c1-4-20-17-8-6-5-7-15(17)16-11-18-14(10-19(16)20)9-12(2)21(18)13(3)22/h5-11H,4H2,1-3H3. The molecule has 4 aromatic rings. The summed E-state index contributed by atoms with van der Waals surface area (Å²) in [5.41, 5.74) is 4.47. The molecule has 0 fully saturated rings. The molecule has 2 aromatic carbocycles. The normalized spacial score (nSPS) is 11.8. The summed E-state index contributed by atoms with van der Waals surface area (Å²) in [4.78, 5) is 12.0. The van der Waals surface area contributed by atoms with Crippen LogP contribution in [0.5, 0.6) is 0 Å². The Balaban J connectivity index is 2.24. The smallest absolute Gasteiger partial charge is 0.228 e. The SMILES string of the molecule is CCn1c2ccccc2c2cc3c(cc(C)n3C(C)=O)cc21. The molecule has 0 amide bonds. The van der Waals surface area contributed by atoms with E-state index in [0.717, 1.165) is 23.1 Å². The fourth-order valence-corrected chi connectivity index (χ4v) is 3.65. The minimum absolute atomic E-state index is 0.0612. The van der Waals surface area contributed by atoms with Crippen molar-refractivity contribution in [3.05, 3.63) is 48.2 Å². The van der Waals surface area contributed by atoms with E-state index < -0.39 is 0 Å². The first-order chi connectivity index (χ1) is 10.6. The van der Waals surface area contributed by atoms with Gasteiger partial charge in [0.2, 0.25) is 5.91 Å². The van der Waals surface area contributed by atoms with Crippen LogP contribution in [0.15, 0.2) is 42.5 Å². The maximum Gasteiger partial charge on any atom is 0.228 e. The van der Waals surface area contributed by atoms with E-state index in [-0.39, 0.29) is 5.91 Å². The molecule has 22 heavy (non-hydrogen) atoms. The number of hydrogen-bond acceptors (Lipinski definition) is 1. The van der Waals surface area contributed by atoms with E-state index in [1.165, 1.54) is 21.8 Å². The van der Waals surface area contributed by atoms with E-state index in [1.807, 2.05) is 6.92 Å². The summed E-state index contributed by atoms with van der Waals surface area (Å²) >= 11 is 0. The van der Waals surface area contributed by atoms with Crippen molar-refractivity contribution in [3.63, 3.8) is 0 Å². The molecule has 110 valence electrons. The van der Waals surface area contributed by atoms with Crippen LogP contribution in [0.3, 0.4) is 0 Å². The highest BCUT2D eigenvalue weighted by Gasteiger charge is 2.14. The summed E-state index contributed by atoms with van der Waals surface area (Å²) in [7, 11) is 0. The average Bonchev–Trinajstić information content (AvgIpc) is 2.98. The quantitative estimate of drug-likeness (QED) is 0.497. The Hall–Kier alpha value is -2.55. The lowest BCUT2D eigenvalue weighted by Crippen LogP contribution is -2.06. The molecule has 0 aliphatic carbocycles. The van der Waals surface area contributed by atoms with E-state index in [0.29, 0.717) is 0 Å². The van der Waals surface area contributed by atoms with Crippen LogP contribution in [0, 0.1) is 6.92 Å². The third kappa shape index (κ3) is 1.59. The molecule has 3 nitrogen and oxygen atoms in total. The fourth-order valence-electron chi connectivity index (χ4n) is 3.65. The van der Waals surface area contributed by atoms with E-state index in [9.17, 15) is 4.79 Å². The van der Waals surface area contributed by atoms with Gasteiger partial charge in [0.1, 0.15) is 0 Å². The van der Waals surface area contributed by atoms with Crippen molar-refractivity contribution in [2.24, 2.45) is 0 Å². The summed E-state index contributed by atoms with van der Waals surface area (Å²) in [6.45, 7) is 6.70. The second-order valence-corrected chi connectivity index (χ2v) is 5.83. The van der Waals surface area contributed by atoms with Gasteiger partial charge in [-0.05, 0) is 38.1 Å². The van der Waals surface area contributed by atoms with Crippen molar-refractivity contribution < 1.29 is 4.79 Å². The van der Waals surface area contributed by atoms with Gasteiger partial charge in [-0.2, -0.15) is 0 Å². The highest BCUT2D eigenvalue weighted by molar-refractivity contribution is 6.13. The summed E-state index contributed by atoms with van der Waals surface area (Å²) in [6.07, 6.45) is 0. The molecule has 3 heteroatoms. The molecule has 0 aliphatic rings. The maximum absolute atomic E-state index is 12.0. The first-order valence-corrected chi connectivity index (χ1v) is 7.65. The van der Waals surface area contributed by atoms with Gasteiger partial charge in [-0.15, -0.1) is 0 Å². The van der Waals surface area contributed by atoms with Crippen LogP contribution in [0.1, 0.15) is 24.3 Å². The van der Waals surface area contributed by atoms with Gasteiger partial charge in [-0.3, -0.25) is 9.36 Å². The molecular weight excluding hydrogens is 272 g/mol. The van der Waals surface area contributed by atoms with Crippen molar-refractivity contribution in [2.45, 2.75) is 27.3 Å². The van der Waals surface area contributed by atoms with Crippen LogP contribution < -0.4 is 0 Å². The van der Waals surface area contributed by atoms with Gasteiger partial charge >= 0.3 is 0 Å². The second kappa shape index (κ2) is 4.47. The van der Waals surface area contributed by atoms with E-state index in [4.69, 9.17) is 0 Å². The Bertz CT molecular complexity index is 1050. The predicted octanol–water partition coefficient (Wildman–Crippen LogP) is 4.74. The molecule has 2 heterocycles. The third-order valence-corrected chi connectivity index (χ3v) is 4.51. The van der Waals surface area contributed by atoms with Crippen molar-refractivity contribution in [2.75, 3.05) is 0 Å². The molecule has 0 radical (unpaired) electrons. The van der Waals surface area contributed by atoms with Gasteiger partial charge in [-0.1, -0.05) is 18.2 Å². The van der Waals surface area contributed by atoms with Crippen LogP contribution in [-0.2, 0) is 6.54 Å². The number of fused-ring (bicyclic) bond motifs is 4. The van der Waals surface area contributed by atoms with Gasteiger partial charge in [0.25, 0.3) is 0 Å². The Morgan fingerprint density at radius 1 is 1.00 bits per heavy atom. The molecule has 0 spiro atoms. The molecule has 0 saturated carbocycles. The molecule has 4 rings (SSSR count). The summed E-state index contributed by atoms with van der Waals surface area (Å²) in [5, 5.41) is 3.58. The monoisotopic (exact) mass is 290 g/mol. The molecule has 0 atom stereocenters. The van der Waals surface area contributed by atoms with Crippen molar-refractivity contribution in [1.29, 1.82) is 0 Å². The minimum atomic E-state index is 0.0612. The summed E-state index contributed by atoms with van der Waals surface area (Å²) in [5.74, 6) is 0.0612. The number of benzene rings is 2. The van der Waals surface area contributed by atoms with Crippen molar-refractivity contribution in [1.82, 2.24) is 9.13 Å². The average molecular weight is 290 g/mol. The number of carbonyl (C=O) groups excluding carboxylic acids is 1. The molecule has 0 unspecified atom stereocenters. The molecule has 0 N–H and O–H groups in total. The number of aromatic nitrogens is 2. The van der Waals surface area contributed by atoms with Crippen LogP contribution in [0.2, 0.25) is 0 Å². The largest absolute Gasteiger partial charge is 0.341 e. The van der Waals surface area contributed by atoms with Gasteiger partial charge in [0.15, 0.2) is 0 Å². The van der Waals surface area contributed by atoms with Crippen LogP contribution in [0.25, 0.3) is 32.7 Å². The molecule has 2 aromatic heterocycles. The zero-order valence-corrected chi connectivity index (χ0v) is 13.1. The Morgan fingerprint density at radius 2 is 1.77 bits per heavy atom.